The van der Waals surface area contributed by atoms with Gasteiger partial charge in [0.15, 0.2) is 0 Å². The van der Waals surface area contributed by atoms with E-state index < -0.39 is 0 Å². The van der Waals surface area contributed by atoms with Crippen LogP contribution in [0.5, 0.6) is 5.75 Å². The van der Waals surface area contributed by atoms with Crippen molar-refractivity contribution in [3.8, 4) is 5.75 Å². The minimum Gasteiger partial charge on any atom is -0.508 e. The number of phenols is 1. The van der Waals surface area contributed by atoms with Crippen molar-refractivity contribution >= 4 is 0 Å². The number of aromatic hydroxyl groups is 1. The quantitative estimate of drug-likeness (QED) is 0.740. The standard InChI is InChI=1S/C13H19NO/c1-12(2)7-8-13(14,9-12)10-5-3-4-6-11(10)15/h3-6,15H,7-9,14H2,1-2H3. The highest BCUT2D eigenvalue weighted by atomic mass is 16.3. The lowest BCUT2D eigenvalue weighted by atomic mass is 9.84. The van der Waals surface area contributed by atoms with E-state index in [1.165, 1.54) is 0 Å². The summed E-state index contributed by atoms with van der Waals surface area (Å²) in [5.74, 6) is 0.331. The normalized spacial score (nSPS) is 29.3. The fraction of sp³-hybridized carbons (Fsp3) is 0.538. The summed E-state index contributed by atoms with van der Waals surface area (Å²) >= 11 is 0. The molecule has 2 nitrogen and oxygen atoms in total. The largest absolute Gasteiger partial charge is 0.508 e. The molecule has 1 aromatic rings. The van der Waals surface area contributed by atoms with Gasteiger partial charge in [-0.05, 0) is 30.7 Å². The van der Waals surface area contributed by atoms with Gasteiger partial charge in [-0.15, -0.1) is 0 Å². The molecule has 1 atom stereocenters. The molecule has 1 aliphatic rings. The van der Waals surface area contributed by atoms with Crippen molar-refractivity contribution in [3.63, 3.8) is 0 Å². The van der Waals surface area contributed by atoms with Gasteiger partial charge in [-0.25, -0.2) is 0 Å². The average molecular weight is 205 g/mol. The lowest BCUT2D eigenvalue weighted by Crippen LogP contribution is -2.34. The summed E-state index contributed by atoms with van der Waals surface area (Å²) in [6, 6.07) is 7.43. The smallest absolute Gasteiger partial charge is 0.120 e. The third-order valence-corrected chi connectivity index (χ3v) is 3.48. The molecule has 0 bridgehead atoms. The van der Waals surface area contributed by atoms with Gasteiger partial charge in [0.2, 0.25) is 0 Å². The predicted molar refractivity (Wildman–Crippen MR) is 61.6 cm³/mol. The second-order valence-corrected chi connectivity index (χ2v) is 5.51. The van der Waals surface area contributed by atoms with Crippen molar-refractivity contribution in [1.82, 2.24) is 0 Å². The number of para-hydroxylation sites is 1. The Hall–Kier alpha value is -1.02. The second-order valence-electron chi connectivity index (χ2n) is 5.51. The zero-order valence-corrected chi connectivity index (χ0v) is 9.46. The molecule has 1 unspecified atom stereocenters. The van der Waals surface area contributed by atoms with Gasteiger partial charge in [0.05, 0.1) is 0 Å². The first-order chi connectivity index (χ1) is 6.93. The van der Waals surface area contributed by atoms with E-state index in [1.807, 2.05) is 18.2 Å². The molecule has 82 valence electrons. The Labute approximate surface area is 91.1 Å². The molecule has 2 heteroatoms. The summed E-state index contributed by atoms with van der Waals surface area (Å²) in [6.07, 6.45) is 3.02. The Balaban J connectivity index is 2.36. The Morgan fingerprint density at radius 1 is 1.20 bits per heavy atom. The van der Waals surface area contributed by atoms with Crippen LogP contribution in [0.4, 0.5) is 0 Å². The Morgan fingerprint density at radius 3 is 2.40 bits per heavy atom. The lowest BCUT2D eigenvalue weighted by molar-refractivity contribution is 0.332. The first-order valence-electron chi connectivity index (χ1n) is 5.50. The first-order valence-corrected chi connectivity index (χ1v) is 5.50. The van der Waals surface area contributed by atoms with Crippen molar-refractivity contribution < 1.29 is 5.11 Å². The van der Waals surface area contributed by atoms with Crippen molar-refractivity contribution in [3.05, 3.63) is 29.8 Å². The van der Waals surface area contributed by atoms with Crippen molar-refractivity contribution in [2.75, 3.05) is 0 Å². The molecule has 3 N–H and O–H groups in total. The maximum absolute atomic E-state index is 9.83. The molecular weight excluding hydrogens is 186 g/mol. The van der Waals surface area contributed by atoms with Crippen LogP contribution in [0.1, 0.15) is 38.7 Å². The van der Waals surface area contributed by atoms with E-state index in [9.17, 15) is 5.11 Å². The number of phenolic OH excluding ortho intramolecular Hbond substituents is 1. The minimum atomic E-state index is -0.338. The Morgan fingerprint density at radius 2 is 1.87 bits per heavy atom. The molecule has 0 saturated heterocycles. The van der Waals surface area contributed by atoms with E-state index in [2.05, 4.69) is 13.8 Å². The van der Waals surface area contributed by atoms with Gasteiger partial charge in [-0.1, -0.05) is 32.0 Å². The van der Waals surface area contributed by atoms with Gasteiger partial charge in [0.1, 0.15) is 5.75 Å². The number of rotatable bonds is 1. The van der Waals surface area contributed by atoms with E-state index in [0.29, 0.717) is 5.75 Å². The van der Waals surface area contributed by atoms with Crippen LogP contribution in [-0.4, -0.2) is 5.11 Å². The summed E-state index contributed by atoms with van der Waals surface area (Å²) in [6.45, 7) is 4.48. The molecule has 0 radical (unpaired) electrons. The predicted octanol–water partition coefficient (Wildman–Crippen LogP) is 2.76. The lowest BCUT2D eigenvalue weighted by Gasteiger charge is -2.27. The van der Waals surface area contributed by atoms with E-state index in [1.54, 1.807) is 6.07 Å². The van der Waals surface area contributed by atoms with Crippen LogP contribution >= 0.6 is 0 Å². The molecule has 15 heavy (non-hydrogen) atoms. The van der Waals surface area contributed by atoms with E-state index >= 15 is 0 Å². The third-order valence-electron chi connectivity index (χ3n) is 3.48. The SMILES string of the molecule is CC1(C)CCC(N)(c2ccccc2O)C1. The van der Waals surface area contributed by atoms with Gasteiger partial charge in [0, 0.05) is 11.1 Å². The number of nitrogens with two attached hydrogens (primary N) is 1. The van der Waals surface area contributed by atoms with Crippen LogP contribution in [0, 0.1) is 5.41 Å². The maximum atomic E-state index is 9.83. The number of hydrogen-bond acceptors (Lipinski definition) is 2. The highest BCUT2D eigenvalue weighted by Crippen LogP contribution is 2.49. The van der Waals surface area contributed by atoms with Crippen molar-refractivity contribution in [2.45, 2.75) is 38.6 Å². The van der Waals surface area contributed by atoms with Gasteiger partial charge < -0.3 is 10.8 Å². The zero-order chi connectivity index (χ0) is 11.1. The van der Waals surface area contributed by atoms with Crippen LogP contribution in [-0.2, 0) is 5.54 Å². The van der Waals surface area contributed by atoms with E-state index in [-0.39, 0.29) is 11.0 Å². The number of hydrogen-bond donors (Lipinski definition) is 2. The Kier molecular flexibility index (Phi) is 2.27. The Bertz CT molecular complexity index is 373. The van der Waals surface area contributed by atoms with Crippen LogP contribution in [0.15, 0.2) is 24.3 Å². The molecule has 1 aromatic carbocycles. The molecular formula is C13H19NO. The molecule has 0 heterocycles. The summed E-state index contributed by atoms with van der Waals surface area (Å²) in [4.78, 5) is 0. The summed E-state index contributed by atoms with van der Waals surface area (Å²) < 4.78 is 0. The van der Waals surface area contributed by atoms with Gasteiger partial charge in [0.25, 0.3) is 0 Å². The second kappa shape index (κ2) is 3.24. The molecule has 0 amide bonds. The summed E-state index contributed by atoms with van der Waals surface area (Å²) in [7, 11) is 0. The molecule has 2 rings (SSSR count). The molecule has 0 aromatic heterocycles. The molecule has 0 aliphatic heterocycles. The average Bonchev–Trinajstić information content (AvgIpc) is 2.42. The summed E-state index contributed by atoms with van der Waals surface area (Å²) in [5, 5.41) is 9.83. The molecule has 0 spiro atoms. The zero-order valence-electron chi connectivity index (χ0n) is 9.46. The molecule has 1 aliphatic carbocycles. The monoisotopic (exact) mass is 205 g/mol. The minimum absolute atomic E-state index is 0.289. The maximum Gasteiger partial charge on any atom is 0.120 e. The molecule has 1 fully saturated rings. The fourth-order valence-corrected chi connectivity index (χ4v) is 2.72. The van der Waals surface area contributed by atoms with Crippen LogP contribution < -0.4 is 5.73 Å². The van der Waals surface area contributed by atoms with Gasteiger partial charge >= 0.3 is 0 Å². The third kappa shape index (κ3) is 1.86. The van der Waals surface area contributed by atoms with Crippen LogP contribution in [0.3, 0.4) is 0 Å². The van der Waals surface area contributed by atoms with Gasteiger partial charge in [-0.2, -0.15) is 0 Å². The molecule has 1 saturated carbocycles. The van der Waals surface area contributed by atoms with E-state index in [4.69, 9.17) is 5.73 Å². The fourth-order valence-electron chi connectivity index (χ4n) is 2.72. The number of benzene rings is 1. The van der Waals surface area contributed by atoms with Gasteiger partial charge in [-0.3, -0.25) is 0 Å². The van der Waals surface area contributed by atoms with Crippen LogP contribution in [0.2, 0.25) is 0 Å². The highest BCUT2D eigenvalue weighted by molar-refractivity contribution is 5.38. The van der Waals surface area contributed by atoms with E-state index in [0.717, 1.165) is 24.8 Å². The van der Waals surface area contributed by atoms with Crippen molar-refractivity contribution in [1.29, 1.82) is 0 Å². The first kappa shape index (κ1) is 10.5. The summed E-state index contributed by atoms with van der Waals surface area (Å²) in [5.41, 5.74) is 7.25. The topological polar surface area (TPSA) is 46.2 Å². The highest BCUT2D eigenvalue weighted by Gasteiger charge is 2.42. The van der Waals surface area contributed by atoms with Crippen LogP contribution in [0.25, 0.3) is 0 Å². The van der Waals surface area contributed by atoms with Crippen molar-refractivity contribution in [2.24, 2.45) is 11.1 Å².